The molecule has 0 aliphatic rings. The molecule has 1 unspecified atom stereocenters. The minimum absolute atomic E-state index is 0.0812. The van der Waals surface area contributed by atoms with Gasteiger partial charge in [-0.25, -0.2) is 0 Å². The number of hydrogen-bond donors (Lipinski definition) is 1. The lowest BCUT2D eigenvalue weighted by Gasteiger charge is -2.16. The highest BCUT2D eigenvalue weighted by molar-refractivity contribution is 5.72. The summed E-state index contributed by atoms with van der Waals surface area (Å²) in [6.07, 6.45) is 1.75. The molecule has 1 atom stereocenters. The van der Waals surface area contributed by atoms with Crippen LogP contribution in [0.5, 0.6) is 11.5 Å². The second kappa shape index (κ2) is 5.71. The van der Waals surface area contributed by atoms with Gasteiger partial charge in [0.05, 0.1) is 19.9 Å². The van der Waals surface area contributed by atoms with E-state index < -0.39 is 0 Å². The quantitative estimate of drug-likeness (QED) is 0.916. The van der Waals surface area contributed by atoms with Crippen molar-refractivity contribution in [1.29, 1.82) is 0 Å². The fourth-order valence-corrected chi connectivity index (χ4v) is 1.96. The number of methoxy groups -OCH3 is 2. The van der Waals surface area contributed by atoms with Gasteiger partial charge in [0.1, 0.15) is 0 Å². The van der Waals surface area contributed by atoms with Crippen molar-refractivity contribution in [2.24, 2.45) is 5.73 Å². The third-order valence-corrected chi connectivity index (χ3v) is 2.97. The molecule has 0 saturated carbocycles. The minimum atomic E-state index is -0.0812. The van der Waals surface area contributed by atoms with E-state index in [4.69, 9.17) is 15.2 Å². The van der Waals surface area contributed by atoms with E-state index in [-0.39, 0.29) is 6.04 Å². The Labute approximate surface area is 113 Å². The Balaban J connectivity index is 2.66. The SMILES string of the molecule is COc1cc(C(C)N)cc(-c2ccccn2)c1OC. The first-order valence-corrected chi connectivity index (χ1v) is 6.10. The summed E-state index contributed by atoms with van der Waals surface area (Å²) in [5.74, 6) is 1.34. The molecule has 0 saturated heterocycles. The Morgan fingerprint density at radius 2 is 1.95 bits per heavy atom. The maximum atomic E-state index is 5.96. The molecule has 1 aromatic carbocycles. The fourth-order valence-electron chi connectivity index (χ4n) is 1.96. The highest BCUT2D eigenvalue weighted by atomic mass is 16.5. The third kappa shape index (κ3) is 2.69. The van der Waals surface area contributed by atoms with Crippen molar-refractivity contribution < 1.29 is 9.47 Å². The predicted molar refractivity (Wildman–Crippen MR) is 75.4 cm³/mol. The van der Waals surface area contributed by atoms with E-state index in [0.29, 0.717) is 11.5 Å². The number of benzene rings is 1. The van der Waals surface area contributed by atoms with Gasteiger partial charge in [-0.05, 0) is 36.8 Å². The molecule has 2 aromatic rings. The molecule has 0 aliphatic heterocycles. The number of nitrogens with two attached hydrogens (primary N) is 1. The second-order valence-electron chi connectivity index (χ2n) is 4.31. The smallest absolute Gasteiger partial charge is 0.170 e. The molecule has 0 radical (unpaired) electrons. The van der Waals surface area contributed by atoms with Crippen molar-refractivity contribution >= 4 is 0 Å². The lowest BCUT2D eigenvalue weighted by Crippen LogP contribution is -2.06. The Hall–Kier alpha value is -2.07. The van der Waals surface area contributed by atoms with Gasteiger partial charge in [-0.15, -0.1) is 0 Å². The van der Waals surface area contributed by atoms with Crippen molar-refractivity contribution in [2.45, 2.75) is 13.0 Å². The largest absolute Gasteiger partial charge is 0.493 e. The zero-order valence-corrected chi connectivity index (χ0v) is 11.4. The van der Waals surface area contributed by atoms with Gasteiger partial charge in [0.25, 0.3) is 0 Å². The molecule has 2 rings (SSSR count). The van der Waals surface area contributed by atoms with Gasteiger partial charge in [-0.2, -0.15) is 0 Å². The third-order valence-electron chi connectivity index (χ3n) is 2.97. The highest BCUT2D eigenvalue weighted by Crippen LogP contribution is 2.39. The average Bonchev–Trinajstić information content (AvgIpc) is 2.46. The van der Waals surface area contributed by atoms with Crippen molar-refractivity contribution in [1.82, 2.24) is 4.98 Å². The first kappa shape index (κ1) is 13.4. The minimum Gasteiger partial charge on any atom is -0.493 e. The van der Waals surface area contributed by atoms with Crippen LogP contribution in [0.1, 0.15) is 18.5 Å². The Morgan fingerprint density at radius 1 is 1.16 bits per heavy atom. The Kier molecular flexibility index (Phi) is 4.02. The summed E-state index contributed by atoms with van der Waals surface area (Å²) in [6, 6.07) is 9.56. The molecule has 1 aromatic heterocycles. The van der Waals surface area contributed by atoms with Crippen molar-refractivity contribution in [3.05, 3.63) is 42.1 Å². The van der Waals surface area contributed by atoms with Crippen LogP contribution in [0.2, 0.25) is 0 Å². The molecular formula is C15H18N2O2. The Morgan fingerprint density at radius 3 is 2.47 bits per heavy atom. The number of pyridine rings is 1. The van der Waals surface area contributed by atoms with Crippen molar-refractivity contribution in [3.8, 4) is 22.8 Å². The summed E-state index contributed by atoms with van der Waals surface area (Å²) in [5, 5.41) is 0. The molecular weight excluding hydrogens is 240 g/mol. The van der Waals surface area contributed by atoms with Gasteiger partial charge in [0.2, 0.25) is 0 Å². The van der Waals surface area contributed by atoms with Crippen LogP contribution in [0, 0.1) is 0 Å². The van der Waals surface area contributed by atoms with Gasteiger partial charge in [0.15, 0.2) is 11.5 Å². The summed E-state index contributed by atoms with van der Waals surface area (Å²) < 4.78 is 10.8. The predicted octanol–water partition coefficient (Wildman–Crippen LogP) is 2.79. The zero-order chi connectivity index (χ0) is 13.8. The fraction of sp³-hybridized carbons (Fsp3) is 0.267. The molecule has 2 N–H and O–H groups in total. The number of ether oxygens (including phenoxy) is 2. The summed E-state index contributed by atoms with van der Waals surface area (Å²) >= 11 is 0. The van der Waals surface area contributed by atoms with Crippen molar-refractivity contribution in [2.75, 3.05) is 14.2 Å². The van der Waals surface area contributed by atoms with Crippen LogP contribution in [0.3, 0.4) is 0 Å². The molecule has 0 bridgehead atoms. The molecule has 1 heterocycles. The molecule has 4 nitrogen and oxygen atoms in total. The van der Waals surface area contributed by atoms with E-state index in [1.165, 1.54) is 0 Å². The van der Waals surface area contributed by atoms with Crippen LogP contribution in [-0.2, 0) is 0 Å². The highest BCUT2D eigenvalue weighted by Gasteiger charge is 2.16. The maximum Gasteiger partial charge on any atom is 0.170 e. The monoisotopic (exact) mass is 258 g/mol. The van der Waals surface area contributed by atoms with Crippen LogP contribution >= 0.6 is 0 Å². The van der Waals surface area contributed by atoms with E-state index in [9.17, 15) is 0 Å². The van der Waals surface area contributed by atoms with Crippen LogP contribution in [0.4, 0.5) is 0 Å². The van der Waals surface area contributed by atoms with Crippen LogP contribution < -0.4 is 15.2 Å². The molecule has 0 spiro atoms. The number of hydrogen-bond acceptors (Lipinski definition) is 4. The number of rotatable bonds is 4. The first-order chi connectivity index (χ1) is 9.17. The lowest BCUT2D eigenvalue weighted by atomic mass is 10.0. The summed E-state index contributed by atoms with van der Waals surface area (Å²) in [5.41, 5.74) is 8.66. The second-order valence-corrected chi connectivity index (χ2v) is 4.31. The normalized spacial score (nSPS) is 12.0. The summed E-state index contributed by atoms with van der Waals surface area (Å²) in [6.45, 7) is 1.93. The van der Waals surface area contributed by atoms with Gasteiger partial charge in [0, 0.05) is 17.8 Å². The van der Waals surface area contributed by atoms with Gasteiger partial charge in [-0.3, -0.25) is 4.98 Å². The average molecular weight is 258 g/mol. The number of nitrogens with zero attached hydrogens (tertiary/aromatic N) is 1. The zero-order valence-electron chi connectivity index (χ0n) is 11.4. The summed E-state index contributed by atoms with van der Waals surface area (Å²) in [7, 11) is 3.24. The molecule has 4 heteroatoms. The maximum absolute atomic E-state index is 5.96. The molecule has 0 fully saturated rings. The van der Waals surface area contributed by atoms with Crippen LogP contribution in [-0.4, -0.2) is 19.2 Å². The topological polar surface area (TPSA) is 57.4 Å². The van der Waals surface area contributed by atoms with E-state index in [1.54, 1.807) is 20.4 Å². The summed E-state index contributed by atoms with van der Waals surface area (Å²) in [4.78, 5) is 4.36. The van der Waals surface area contributed by atoms with Gasteiger partial charge >= 0.3 is 0 Å². The molecule has 0 amide bonds. The molecule has 19 heavy (non-hydrogen) atoms. The van der Waals surface area contributed by atoms with Crippen LogP contribution in [0.25, 0.3) is 11.3 Å². The number of aromatic nitrogens is 1. The molecule has 0 aliphatic carbocycles. The van der Waals surface area contributed by atoms with Crippen LogP contribution in [0.15, 0.2) is 36.5 Å². The van der Waals surface area contributed by atoms with Crippen molar-refractivity contribution in [3.63, 3.8) is 0 Å². The van der Waals surface area contributed by atoms with E-state index in [2.05, 4.69) is 4.98 Å². The van der Waals surface area contributed by atoms with E-state index in [1.807, 2.05) is 37.3 Å². The van der Waals surface area contributed by atoms with Gasteiger partial charge in [-0.1, -0.05) is 6.07 Å². The van der Waals surface area contributed by atoms with Gasteiger partial charge < -0.3 is 15.2 Å². The molecule has 100 valence electrons. The Bertz CT molecular complexity index is 554. The lowest BCUT2D eigenvalue weighted by molar-refractivity contribution is 0.355. The standard InChI is InChI=1S/C15H18N2O2/c1-10(16)11-8-12(13-6-4-5-7-17-13)15(19-3)14(9-11)18-2/h4-10H,16H2,1-3H3. The van der Waals surface area contributed by atoms with E-state index >= 15 is 0 Å². The van der Waals surface area contributed by atoms with E-state index in [0.717, 1.165) is 16.8 Å². The first-order valence-electron chi connectivity index (χ1n) is 6.10.